The number of rotatable bonds is 2. The Kier molecular flexibility index (Phi) is 3.57. The number of benzene rings is 2. The van der Waals surface area contributed by atoms with Crippen LogP contribution in [0, 0.1) is 5.82 Å². The van der Waals surface area contributed by atoms with Gasteiger partial charge in [0, 0.05) is 12.7 Å². The molecule has 0 bridgehead atoms. The van der Waals surface area contributed by atoms with E-state index in [0.29, 0.717) is 5.69 Å². The lowest BCUT2D eigenvalue weighted by Gasteiger charge is -2.16. The predicted octanol–water partition coefficient (Wildman–Crippen LogP) is 3.46. The number of nitrogens with zero attached hydrogens (tertiary/aromatic N) is 1. The number of hydrogen-bond acceptors (Lipinski definition) is 2. The summed E-state index contributed by atoms with van der Waals surface area (Å²) in [6, 6.07) is 14.8. The van der Waals surface area contributed by atoms with Crippen LogP contribution in [-0.4, -0.2) is 13.1 Å². The lowest BCUT2D eigenvalue weighted by molar-refractivity contribution is 0.207. The van der Waals surface area contributed by atoms with Gasteiger partial charge in [0.2, 0.25) is 0 Å². The Labute approximate surface area is 104 Å². The predicted molar refractivity (Wildman–Crippen MR) is 67.3 cm³/mol. The van der Waals surface area contributed by atoms with Crippen molar-refractivity contribution in [3.63, 3.8) is 0 Å². The van der Waals surface area contributed by atoms with Gasteiger partial charge in [0.05, 0.1) is 0 Å². The first-order chi connectivity index (χ1) is 8.68. The Morgan fingerprint density at radius 1 is 1.06 bits per heavy atom. The second-order valence-corrected chi connectivity index (χ2v) is 3.69. The van der Waals surface area contributed by atoms with Crippen LogP contribution in [0.3, 0.4) is 0 Å². The number of amides is 1. The van der Waals surface area contributed by atoms with E-state index in [4.69, 9.17) is 4.74 Å². The van der Waals surface area contributed by atoms with Crippen molar-refractivity contribution in [1.29, 1.82) is 0 Å². The summed E-state index contributed by atoms with van der Waals surface area (Å²) in [5.74, 6) is -0.641. The summed E-state index contributed by atoms with van der Waals surface area (Å²) in [4.78, 5) is 13.1. The van der Waals surface area contributed by atoms with Crippen LogP contribution in [0.25, 0.3) is 0 Å². The van der Waals surface area contributed by atoms with Crippen LogP contribution in [0.15, 0.2) is 54.6 Å². The van der Waals surface area contributed by atoms with Gasteiger partial charge in [0.15, 0.2) is 11.6 Å². The minimum Gasteiger partial charge on any atom is -0.407 e. The molecule has 0 radical (unpaired) electrons. The summed E-state index contributed by atoms with van der Waals surface area (Å²) < 4.78 is 18.3. The maximum atomic E-state index is 13.3. The van der Waals surface area contributed by atoms with E-state index in [1.54, 1.807) is 25.2 Å². The Morgan fingerprint density at radius 2 is 1.67 bits per heavy atom. The molecule has 0 aliphatic rings. The van der Waals surface area contributed by atoms with Crippen molar-refractivity contribution in [1.82, 2.24) is 0 Å². The van der Waals surface area contributed by atoms with Gasteiger partial charge in [-0.3, -0.25) is 4.90 Å². The minimum atomic E-state index is -0.633. The summed E-state index contributed by atoms with van der Waals surface area (Å²) in [5.41, 5.74) is 0.679. The molecule has 3 nitrogen and oxygen atoms in total. The van der Waals surface area contributed by atoms with E-state index in [2.05, 4.69) is 0 Å². The SMILES string of the molecule is CN(C(=O)Oc1ccccc1F)c1ccccc1. The zero-order valence-corrected chi connectivity index (χ0v) is 9.84. The molecule has 0 N–H and O–H groups in total. The van der Waals surface area contributed by atoms with E-state index < -0.39 is 11.9 Å². The smallest absolute Gasteiger partial charge is 0.407 e. The molecule has 0 aliphatic heterocycles. The average molecular weight is 245 g/mol. The number of halogens is 1. The lowest BCUT2D eigenvalue weighted by Crippen LogP contribution is -2.29. The van der Waals surface area contributed by atoms with E-state index in [1.165, 1.54) is 23.1 Å². The molecular weight excluding hydrogens is 233 g/mol. The van der Waals surface area contributed by atoms with Crippen molar-refractivity contribution >= 4 is 11.8 Å². The summed E-state index contributed by atoms with van der Waals surface area (Å²) in [5, 5.41) is 0. The van der Waals surface area contributed by atoms with Gasteiger partial charge in [-0.15, -0.1) is 0 Å². The fourth-order valence-corrected chi connectivity index (χ4v) is 1.45. The van der Waals surface area contributed by atoms with Crippen LogP contribution in [-0.2, 0) is 0 Å². The standard InChI is InChI=1S/C14H12FNO2/c1-16(11-7-3-2-4-8-11)14(17)18-13-10-6-5-9-12(13)15/h2-10H,1H3. The molecule has 0 atom stereocenters. The molecule has 0 saturated heterocycles. The van der Waals surface area contributed by atoms with E-state index in [0.717, 1.165) is 0 Å². The van der Waals surface area contributed by atoms with Crippen molar-refractivity contribution in [3.8, 4) is 5.75 Å². The number of anilines is 1. The first kappa shape index (κ1) is 12.1. The van der Waals surface area contributed by atoms with Crippen molar-refractivity contribution in [2.24, 2.45) is 0 Å². The average Bonchev–Trinajstić information content (AvgIpc) is 2.41. The van der Waals surface area contributed by atoms with Gasteiger partial charge >= 0.3 is 6.09 Å². The molecule has 2 aromatic carbocycles. The second-order valence-electron chi connectivity index (χ2n) is 3.69. The van der Waals surface area contributed by atoms with Gasteiger partial charge in [-0.05, 0) is 24.3 Å². The Balaban J connectivity index is 2.12. The van der Waals surface area contributed by atoms with Crippen molar-refractivity contribution in [2.75, 3.05) is 11.9 Å². The molecule has 92 valence electrons. The third-order valence-corrected chi connectivity index (χ3v) is 2.45. The molecule has 0 unspecified atom stereocenters. The Bertz CT molecular complexity index is 543. The monoisotopic (exact) mass is 245 g/mol. The largest absolute Gasteiger partial charge is 0.419 e. The fourth-order valence-electron chi connectivity index (χ4n) is 1.45. The molecule has 0 aliphatic carbocycles. The molecule has 0 saturated carbocycles. The number of carbonyl (C=O) groups is 1. The molecule has 18 heavy (non-hydrogen) atoms. The van der Waals surface area contributed by atoms with Crippen LogP contribution in [0.1, 0.15) is 0 Å². The number of carbonyl (C=O) groups excluding carboxylic acids is 1. The topological polar surface area (TPSA) is 29.5 Å². The van der Waals surface area contributed by atoms with Crippen LogP contribution < -0.4 is 9.64 Å². The van der Waals surface area contributed by atoms with Crippen LogP contribution >= 0.6 is 0 Å². The summed E-state index contributed by atoms with van der Waals surface area (Å²) in [6.07, 6.45) is -0.633. The van der Waals surface area contributed by atoms with Gasteiger partial charge in [-0.2, -0.15) is 0 Å². The lowest BCUT2D eigenvalue weighted by atomic mass is 10.3. The molecule has 0 fully saturated rings. The normalized spacial score (nSPS) is 9.89. The molecule has 0 heterocycles. The van der Waals surface area contributed by atoms with Crippen molar-refractivity contribution in [3.05, 3.63) is 60.4 Å². The van der Waals surface area contributed by atoms with Gasteiger partial charge in [-0.1, -0.05) is 30.3 Å². The highest BCUT2D eigenvalue weighted by Gasteiger charge is 2.14. The third kappa shape index (κ3) is 2.66. The third-order valence-electron chi connectivity index (χ3n) is 2.45. The number of para-hydroxylation sites is 2. The van der Waals surface area contributed by atoms with E-state index in [1.807, 2.05) is 18.2 Å². The Hall–Kier alpha value is -2.36. The molecule has 0 spiro atoms. The summed E-state index contributed by atoms with van der Waals surface area (Å²) >= 11 is 0. The highest BCUT2D eigenvalue weighted by Crippen LogP contribution is 2.18. The molecule has 4 heteroatoms. The zero-order chi connectivity index (χ0) is 13.0. The van der Waals surface area contributed by atoms with Crippen molar-refractivity contribution in [2.45, 2.75) is 0 Å². The van der Waals surface area contributed by atoms with E-state index in [-0.39, 0.29) is 5.75 Å². The highest BCUT2D eigenvalue weighted by atomic mass is 19.1. The molecule has 0 aromatic heterocycles. The Morgan fingerprint density at radius 3 is 2.33 bits per heavy atom. The second kappa shape index (κ2) is 5.31. The molecular formula is C14H12FNO2. The molecule has 2 aromatic rings. The summed E-state index contributed by atoms with van der Waals surface area (Å²) in [7, 11) is 1.57. The molecule has 1 amide bonds. The number of ether oxygens (including phenoxy) is 1. The first-order valence-electron chi connectivity index (χ1n) is 5.43. The van der Waals surface area contributed by atoms with Gasteiger partial charge in [0.1, 0.15) is 0 Å². The van der Waals surface area contributed by atoms with Crippen molar-refractivity contribution < 1.29 is 13.9 Å². The van der Waals surface area contributed by atoms with E-state index in [9.17, 15) is 9.18 Å². The minimum absolute atomic E-state index is 0.0784. The maximum Gasteiger partial charge on any atom is 0.419 e. The fraction of sp³-hybridized carbons (Fsp3) is 0.0714. The van der Waals surface area contributed by atoms with Gasteiger partial charge in [0.25, 0.3) is 0 Å². The highest BCUT2D eigenvalue weighted by molar-refractivity contribution is 5.88. The summed E-state index contributed by atoms with van der Waals surface area (Å²) in [6.45, 7) is 0. The quantitative estimate of drug-likeness (QED) is 0.810. The first-order valence-corrected chi connectivity index (χ1v) is 5.43. The molecule has 2 rings (SSSR count). The van der Waals surface area contributed by atoms with Gasteiger partial charge < -0.3 is 4.74 Å². The van der Waals surface area contributed by atoms with Crippen LogP contribution in [0.4, 0.5) is 14.9 Å². The van der Waals surface area contributed by atoms with E-state index >= 15 is 0 Å². The van der Waals surface area contributed by atoms with Crippen LogP contribution in [0.2, 0.25) is 0 Å². The number of hydrogen-bond donors (Lipinski definition) is 0. The van der Waals surface area contributed by atoms with Crippen LogP contribution in [0.5, 0.6) is 5.75 Å². The zero-order valence-electron chi connectivity index (χ0n) is 9.84. The maximum absolute atomic E-state index is 13.3. The van der Waals surface area contributed by atoms with Gasteiger partial charge in [-0.25, -0.2) is 9.18 Å².